The first-order valence-electron chi connectivity index (χ1n) is 7.17. The van der Waals surface area contributed by atoms with Gasteiger partial charge in [-0.05, 0) is 37.7 Å². The van der Waals surface area contributed by atoms with Crippen molar-refractivity contribution in [2.24, 2.45) is 5.92 Å². The summed E-state index contributed by atoms with van der Waals surface area (Å²) in [5.41, 5.74) is 0. The molecule has 1 aliphatic rings. The molecule has 0 atom stereocenters. The molecule has 0 spiro atoms. The first-order chi connectivity index (χ1) is 9.97. The van der Waals surface area contributed by atoms with Gasteiger partial charge in [0, 0.05) is 23.4 Å². The van der Waals surface area contributed by atoms with E-state index in [4.69, 9.17) is 5.11 Å². The molecule has 4 nitrogen and oxygen atoms in total. The fourth-order valence-electron chi connectivity index (χ4n) is 2.59. The predicted octanol–water partition coefficient (Wildman–Crippen LogP) is 3.58. The number of amides is 1. The Bertz CT molecular complexity index is 507. The Kier molecular flexibility index (Phi) is 5.70. The van der Waals surface area contributed by atoms with Crippen molar-refractivity contribution in [1.29, 1.82) is 0 Å². The van der Waals surface area contributed by atoms with E-state index in [9.17, 15) is 9.59 Å². The number of rotatable bonds is 5. The third-order valence-electron chi connectivity index (χ3n) is 4.07. The number of thioether (sulfide) groups is 1. The third kappa shape index (κ3) is 4.48. The SMILES string of the molecule is CC1CCC(N(C)C(=O)CSc2csc(C(=O)O)c2)CC1. The van der Waals surface area contributed by atoms with Gasteiger partial charge in [0.15, 0.2) is 0 Å². The van der Waals surface area contributed by atoms with E-state index in [2.05, 4.69) is 6.92 Å². The van der Waals surface area contributed by atoms with Crippen LogP contribution in [-0.2, 0) is 4.79 Å². The quantitative estimate of drug-likeness (QED) is 0.840. The Balaban J connectivity index is 1.81. The average Bonchev–Trinajstić information content (AvgIpc) is 2.94. The Hall–Kier alpha value is -1.01. The van der Waals surface area contributed by atoms with Crippen molar-refractivity contribution < 1.29 is 14.7 Å². The molecule has 0 radical (unpaired) electrons. The van der Waals surface area contributed by atoms with Gasteiger partial charge in [0.05, 0.1) is 5.75 Å². The molecule has 1 aliphatic carbocycles. The number of carboxylic acids is 1. The van der Waals surface area contributed by atoms with Gasteiger partial charge in [-0.3, -0.25) is 4.79 Å². The van der Waals surface area contributed by atoms with Crippen LogP contribution < -0.4 is 0 Å². The van der Waals surface area contributed by atoms with E-state index < -0.39 is 5.97 Å². The molecule has 0 bridgehead atoms. The van der Waals surface area contributed by atoms with Crippen LogP contribution in [-0.4, -0.2) is 40.7 Å². The van der Waals surface area contributed by atoms with Crippen LogP contribution >= 0.6 is 23.1 Å². The minimum absolute atomic E-state index is 0.127. The Morgan fingerprint density at radius 2 is 2.05 bits per heavy atom. The summed E-state index contributed by atoms with van der Waals surface area (Å²) in [6, 6.07) is 2.00. The molecule has 1 aromatic rings. The fourth-order valence-corrected chi connectivity index (χ4v) is 4.38. The maximum atomic E-state index is 12.2. The normalized spacial score (nSPS) is 22.0. The number of hydrogen-bond donors (Lipinski definition) is 1. The lowest BCUT2D eigenvalue weighted by Crippen LogP contribution is -2.40. The molecule has 1 aromatic heterocycles. The number of carboxylic acid groups (broad SMARTS) is 1. The standard InChI is InChI=1S/C15H21NO3S2/c1-10-3-5-11(6-4-10)16(2)14(17)9-20-12-7-13(15(18)19)21-8-12/h7-8,10-11H,3-6,9H2,1-2H3,(H,18,19). The van der Waals surface area contributed by atoms with Gasteiger partial charge in [0.25, 0.3) is 0 Å². The molecular weight excluding hydrogens is 306 g/mol. The number of nitrogens with zero attached hydrogens (tertiary/aromatic N) is 1. The van der Waals surface area contributed by atoms with E-state index in [0.29, 0.717) is 16.7 Å². The highest BCUT2D eigenvalue weighted by Crippen LogP contribution is 2.28. The first-order valence-corrected chi connectivity index (χ1v) is 9.04. The monoisotopic (exact) mass is 327 g/mol. The molecule has 6 heteroatoms. The molecule has 0 unspecified atom stereocenters. The van der Waals surface area contributed by atoms with Crippen LogP contribution in [0.2, 0.25) is 0 Å². The van der Waals surface area contributed by atoms with E-state index in [0.717, 1.165) is 23.7 Å². The third-order valence-corrected chi connectivity index (χ3v) is 6.10. The van der Waals surface area contributed by atoms with Gasteiger partial charge in [0.2, 0.25) is 5.91 Å². The maximum absolute atomic E-state index is 12.2. The lowest BCUT2D eigenvalue weighted by molar-refractivity contribution is -0.129. The van der Waals surface area contributed by atoms with Crippen LogP contribution in [0.1, 0.15) is 42.3 Å². The summed E-state index contributed by atoms with van der Waals surface area (Å²) in [6.07, 6.45) is 4.58. The summed E-state index contributed by atoms with van der Waals surface area (Å²) in [5.74, 6) is 0.367. The van der Waals surface area contributed by atoms with E-state index in [1.54, 1.807) is 11.4 Å². The minimum Gasteiger partial charge on any atom is -0.477 e. The highest BCUT2D eigenvalue weighted by molar-refractivity contribution is 8.00. The largest absolute Gasteiger partial charge is 0.477 e. The predicted molar refractivity (Wildman–Crippen MR) is 86.2 cm³/mol. The second-order valence-electron chi connectivity index (χ2n) is 5.66. The number of carbonyl (C=O) groups excluding carboxylic acids is 1. The van der Waals surface area contributed by atoms with Gasteiger partial charge in [-0.2, -0.15) is 0 Å². The molecule has 1 N–H and O–H groups in total. The zero-order chi connectivity index (χ0) is 15.4. The Morgan fingerprint density at radius 1 is 1.38 bits per heavy atom. The van der Waals surface area contributed by atoms with Gasteiger partial charge < -0.3 is 10.0 Å². The summed E-state index contributed by atoms with van der Waals surface area (Å²) in [7, 11) is 1.89. The van der Waals surface area contributed by atoms with E-state index in [-0.39, 0.29) is 5.91 Å². The lowest BCUT2D eigenvalue weighted by atomic mass is 9.87. The molecule has 0 saturated heterocycles. The van der Waals surface area contributed by atoms with Crippen LogP contribution in [0, 0.1) is 5.92 Å². The maximum Gasteiger partial charge on any atom is 0.345 e. The van der Waals surface area contributed by atoms with Crippen LogP contribution in [0.4, 0.5) is 0 Å². The van der Waals surface area contributed by atoms with Crippen LogP contribution in [0.25, 0.3) is 0 Å². The van der Waals surface area contributed by atoms with Gasteiger partial charge in [-0.1, -0.05) is 6.92 Å². The highest BCUT2D eigenvalue weighted by Gasteiger charge is 2.24. The average molecular weight is 327 g/mol. The molecule has 1 saturated carbocycles. The molecule has 1 fully saturated rings. The van der Waals surface area contributed by atoms with Crippen molar-refractivity contribution in [1.82, 2.24) is 4.90 Å². The van der Waals surface area contributed by atoms with Gasteiger partial charge in [-0.25, -0.2) is 4.79 Å². The molecule has 2 rings (SSSR count). The Morgan fingerprint density at radius 3 is 2.62 bits per heavy atom. The van der Waals surface area contributed by atoms with Crippen molar-refractivity contribution in [2.45, 2.75) is 43.5 Å². The highest BCUT2D eigenvalue weighted by atomic mass is 32.2. The molecule has 1 amide bonds. The summed E-state index contributed by atoms with van der Waals surface area (Å²) < 4.78 is 0. The van der Waals surface area contributed by atoms with Crippen LogP contribution in [0.5, 0.6) is 0 Å². The first kappa shape index (κ1) is 16.4. The van der Waals surface area contributed by atoms with Gasteiger partial charge in [0.1, 0.15) is 4.88 Å². The topological polar surface area (TPSA) is 57.6 Å². The summed E-state index contributed by atoms with van der Waals surface area (Å²) in [6.45, 7) is 2.27. The zero-order valence-electron chi connectivity index (χ0n) is 12.4. The van der Waals surface area contributed by atoms with E-state index in [1.807, 2.05) is 11.9 Å². The minimum atomic E-state index is -0.911. The summed E-state index contributed by atoms with van der Waals surface area (Å²) in [5, 5.41) is 10.7. The van der Waals surface area contributed by atoms with Crippen molar-refractivity contribution in [2.75, 3.05) is 12.8 Å². The second kappa shape index (κ2) is 7.31. The van der Waals surface area contributed by atoms with Crippen molar-refractivity contribution in [3.05, 3.63) is 16.3 Å². The molecule has 0 aliphatic heterocycles. The molecule has 0 aromatic carbocycles. The van der Waals surface area contributed by atoms with Crippen molar-refractivity contribution in [3.8, 4) is 0 Å². The molecule has 1 heterocycles. The second-order valence-corrected chi connectivity index (χ2v) is 7.62. The van der Waals surface area contributed by atoms with Crippen LogP contribution in [0.3, 0.4) is 0 Å². The van der Waals surface area contributed by atoms with Crippen molar-refractivity contribution >= 4 is 35.0 Å². The number of thiophene rings is 1. The Labute approximate surface area is 133 Å². The summed E-state index contributed by atoms with van der Waals surface area (Å²) >= 11 is 2.62. The van der Waals surface area contributed by atoms with Gasteiger partial charge in [-0.15, -0.1) is 23.1 Å². The van der Waals surface area contributed by atoms with E-state index >= 15 is 0 Å². The molecule has 21 heavy (non-hydrogen) atoms. The number of carbonyl (C=O) groups is 2. The smallest absolute Gasteiger partial charge is 0.345 e. The van der Waals surface area contributed by atoms with Crippen molar-refractivity contribution in [3.63, 3.8) is 0 Å². The fraction of sp³-hybridized carbons (Fsp3) is 0.600. The number of hydrogen-bond acceptors (Lipinski definition) is 4. The number of aromatic carboxylic acids is 1. The van der Waals surface area contributed by atoms with Gasteiger partial charge >= 0.3 is 5.97 Å². The molecular formula is C15H21NO3S2. The lowest BCUT2D eigenvalue weighted by Gasteiger charge is -2.33. The van der Waals surface area contributed by atoms with Crippen LogP contribution in [0.15, 0.2) is 16.3 Å². The zero-order valence-corrected chi connectivity index (χ0v) is 14.0. The summed E-state index contributed by atoms with van der Waals surface area (Å²) in [4.78, 5) is 26.1. The van der Waals surface area contributed by atoms with E-state index in [1.165, 1.54) is 35.9 Å². The molecule has 116 valence electrons.